The summed E-state index contributed by atoms with van der Waals surface area (Å²) < 4.78 is 0. The third-order valence-corrected chi connectivity index (χ3v) is 3.64. The van der Waals surface area contributed by atoms with Gasteiger partial charge in [0.1, 0.15) is 5.68 Å². The first-order chi connectivity index (χ1) is 7.61. The zero-order valence-electron chi connectivity index (χ0n) is 10.4. The van der Waals surface area contributed by atoms with Gasteiger partial charge in [-0.25, -0.2) is 0 Å². The molecule has 0 saturated heterocycles. The van der Waals surface area contributed by atoms with Crippen LogP contribution in [0.15, 0.2) is 24.3 Å². The molecule has 0 radical (unpaired) electrons. The van der Waals surface area contributed by atoms with Crippen LogP contribution in [0.3, 0.4) is 0 Å². The van der Waals surface area contributed by atoms with Gasteiger partial charge in [-0.2, -0.15) is 0 Å². The van der Waals surface area contributed by atoms with Gasteiger partial charge in [-0.1, -0.05) is 63.2 Å². The van der Waals surface area contributed by atoms with Crippen molar-refractivity contribution in [3.63, 3.8) is 0 Å². The van der Waals surface area contributed by atoms with Gasteiger partial charge in [-0.3, -0.25) is 0 Å². The van der Waals surface area contributed by atoms with Gasteiger partial charge in [0.15, 0.2) is 0 Å². The molecule has 0 spiro atoms. The van der Waals surface area contributed by atoms with Crippen LogP contribution in [0.2, 0.25) is 6.32 Å². The van der Waals surface area contributed by atoms with Crippen molar-refractivity contribution in [2.75, 3.05) is 0 Å². The Morgan fingerprint density at radius 2 is 2.00 bits per heavy atom. The van der Waals surface area contributed by atoms with E-state index in [-0.39, 0.29) is 12.6 Å². The van der Waals surface area contributed by atoms with Gasteiger partial charge >= 0.3 is 0 Å². The molecule has 2 heteroatoms. The fraction of sp³-hybridized carbons (Fsp3) is 0.500. The minimum absolute atomic E-state index is 0.105. The SMILES string of the molecule is CC(C)CCB1C(=O)C(C)c2ccccc21. The fourth-order valence-corrected chi connectivity index (χ4v) is 2.63. The van der Waals surface area contributed by atoms with Gasteiger partial charge < -0.3 is 4.79 Å². The third-order valence-electron chi connectivity index (χ3n) is 3.64. The summed E-state index contributed by atoms with van der Waals surface area (Å²) in [6, 6.07) is 8.31. The van der Waals surface area contributed by atoms with Crippen LogP contribution in [0.1, 0.15) is 38.7 Å². The molecule has 0 fully saturated rings. The highest BCUT2D eigenvalue weighted by atomic mass is 16.1. The average molecular weight is 214 g/mol. The van der Waals surface area contributed by atoms with Gasteiger partial charge in [-0.05, 0) is 11.5 Å². The zero-order valence-corrected chi connectivity index (χ0v) is 10.4. The molecule has 0 amide bonds. The molecule has 16 heavy (non-hydrogen) atoms. The Kier molecular flexibility index (Phi) is 3.18. The fourth-order valence-electron chi connectivity index (χ4n) is 2.63. The Balaban J connectivity index is 2.23. The predicted octanol–water partition coefficient (Wildman–Crippen LogP) is 2.66. The van der Waals surface area contributed by atoms with Crippen molar-refractivity contribution in [1.82, 2.24) is 0 Å². The van der Waals surface area contributed by atoms with E-state index in [0.717, 1.165) is 12.7 Å². The van der Waals surface area contributed by atoms with E-state index in [1.165, 1.54) is 11.0 Å². The van der Waals surface area contributed by atoms with Crippen LogP contribution >= 0.6 is 0 Å². The second-order valence-electron chi connectivity index (χ2n) is 5.28. The molecule has 0 N–H and O–H groups in total. The summed E-state index contributed by atoms with van der Waals surface area (Å²) in [4.78, 5) is 12.2. The highest BCUT2D eigenvalue weighted by Crippen LogP contribution is 2.26. The lowest BCUT2D eigenvalue weighted by atomic mass is 9.41. The van der Waals surface area contributed by atoms with E-state index in [9.17, 15) is 4.79 Å². The van der Waals surface area contributed by atoms with Crippen LogP contribution in [0, 0.1) is 5.92 Å². The Labute approximate surface area is 98.3 Å². The van der Waals surface area contributed by atoms with E-state index in [2.05, 4.69) is 26.0 Å². The lowest BCUT2D eigenvalue weighted by Crippen LogP contribution is -2.33. The number of carbonyl (C=O) groups excluding carboxylic acids is 1. The van der Waals surface area contributed by atoms with Crippen LogP contribution < -0.4 is 5.46 Å². The Bertz CT molecular complexity index is 397. The van der Waals surface area contributed by atoms with Gasteiger partial charge in [0.05, 0.1) is 0 Å². The molecule has 84 valence electrons. The van der Waals surface area contributed by atoms with E-state index < -0.39 is 0 Å². The van der Waals surface area contributed by atoms with Crippen molar-refractivity contribution < 1.29 is 4.79 Å². The first-order valence-electron chi connectivity index (χ1n) is 6.23. The Hall–Kier alpha value is -1.05. The lowest BCUT2D eigenvalue weighted by Gasteiger charge is -2.08. The van der Waals surface area contributed by atoms with Crippen LogP contribution in [-0.4, -0.2) is 12.4 Å². The molecule has 1 heterocycles. The first kappa shape index (κ1) is 11.4. The molecule has 1 nitrogen and oxygen atoms in total. The van der Waals surface area contributed by atoms with Crippen molar-refractivity contribution in [3.8, 4) is 0 Å². The average Bonchev–Trinajstić information content (AvgIpc) is 2.50. The standard InChI is InChI=1S/C14H19BO/c1-10(2)8-9-15-13-7-5-4-6-12(13)11(3)14(15)16/h4-7,10-11H,8-9H2,1-3H3. The summed E-state index contributed by atoms with van der Waals surface area (Å²) in [6.45, 7) is 6.63. The quantitative estimate of drug-likeness (QED) is 0.707. The maximum atomic E-state index is 12.2. The molecule has 0 bridgehead atoms. The lowest BCUT2D eigenvalue weighted by molar-refractivity contribution is -0.113. The number of carbonyl (C=O) groups is 1. The normalized spacial score (nSPS) is 19.4. The summed E-state index contributed by atoms with van der Waals surface area (Å²) in [5.41, 5.74) is 2.95. The molecule has 1 aromatic carbocycles. The maximum Gasteiger partial charge on any atom is 0.257 e. The molecule has 1 aromatic rings. The van der Waals surface area contributed by atoms with Crippen LogP contribution in [0.25, 0.3) is 0 Å². The molecule has 1 aliphatic rings. The predicted molar refractivity (Wildman–Crippen MR) is 69.5 cm³/mol. The highest BCUT2D eigenvalue weighted by molar-refractivity contribution is 7.02. The molecule has 1 aliphatic heterocycles. The second-order valence-corrected chi connectivity index (χ2v) is 5.28. The molecule has 0 aliphatic carbocycles. The van der Waals surface area contributed by atoms with Gasteiger partial charge in [0.2, 0.25) is 0 Å². The number of fused-ring (bicyclic) bond motifs is 1. The van der Waals surface area contributed by atoms with E-state index >= 15 is 0 Å². The van der Waals surface area contributed by atoms with Crippen molar-refractivity contribution >= 4 is 17.9 Å². The Morgan fingerprint density at radius 1 is 1.31 bits per heavy atom. The number of benzene rings is 1. The smallest absolute Gasteiger partial charge is 0.257 e. The summed E-state index contributed by atoms with van der Waals surface area (Å²) in [6.07, 6.45) is 2.15. The number of hydrogen-bond acceptors (Lipinski definition) is 1. The van der Waals surface area contributed by atoms with Gasteiger partial charge in [-0.15, -0.1) is 0 Å². The van der Waals surface area contributed by atoms with Crippen molar-refractivity contribution in [2.45, 2.75) is 39.4 Å². The van der Waals surface area contributed by atoms with E-state index in [0.29, 0.717) is 11.6 Å². The molecular weight excluding hydrogens is 195 g/mol. The molecule has 0 aromatic heterocycles. The molecule has 0 saturated carbocycles. The Morgan fingerprint density at radius 3 is 2.69 bits per heavy atom. The summed E-state index contributed by atoms with van der Waals surface area (Å²) in [7, 11) is 0. The number of rotatable bonds is 3. The largest absolute Gasteiger partial charge is 0.310 e. The van der Waals surface area contributed by atoms with E-state index in [1.807, 2.05) is 19.1 Å². The number of hydrogen-bond donors (Lipinski definition) is 0. The minimum Gasteiger partial charge on any atom is -0.310 e. The summed E-state index contributed by atoms with van der Waals surface area (Å²) >= 11 is 0. The summed E-state index contributed by atoms with van der Waals surface area (Å²) in [5.74, 6) is 0.782. The molecule has 1 unspecified atom stereocenters. The van der Waals surface area contributed by atoms with Crippen LogP contribution in [0.5, 0.6) is 0 Å². The third kappa shape index (κ3) is 1.93. The van der Waals surface area contributed by atoms with Crippen molar-refractivity contribution in [3.05, 3.63) is 29.8 Å². The second kappa shape index (κ2) is 4.44. The first-order valence-corrected chi connectivity index (χ1v) is 6.23. The van der Waals surface area contributed by atoms with E-state index in [1.54, 1.807) is 0 Å². The van der Waals surface area contributed by atoms with Crippen molar-refractivity contribution in [2.24, 2.45) is 5.92 Å². The minimum atomic E-state index is 0.105. The van der Waals surface area contributed by atoms with Gasteiger partial charge in [0.25, 0.3) is 6.71 Å². The monoisotopic (exact) mass is 214 g/mol. The summed E-state index contributed by atoms with van der Waals surface area (Å²) in [5, 5.41) is 0. The zero-order chi connectivity index (χ0) is 11.7. The highest BCUT2D eigenvalue weighted by Gasteiger charge is 2.38. The molecule has 2 rings (SSSR count). The van der Waals surface area contributed by atoms with Crippen LogP contribution in [-0.2, 0) is 4.79 Å². The van der Waals surface area contributed by atoms with Crippen molar-refractivity contribution in [1.29, 1.82) is 0 Å². The van der Waals surface area contributed by atoms with Crippen LogP contribution in [0.4, 0.5) is 0 Å². The molecule has 1 atom stereocenters. The maximum absolute atomic E-state index is 12.2. The topological polar surface area (TPSA) is 17.1 Å². The van der Waals surface area contributed by atoms with E-state index in [4.69, 9.17) is 0 Å². The molecular formula is C14H19BO. The van der Waals surface area contributed by atoms with Gasteiger partial charge in [0, 0.05) is 5.92 Å².